The van der Waals surface area contributed by atoms with E-state index in [0.29, 0.717) is 41.1 Å². The maximum atomic E-state index is 12.8. The van der Waals surface area contributed by atoms with Crippen LogP contribution in [-0.4, -0.2) is 30.8 Å². The molecule has 4 saturated carbocycles. The van der Waals surface area contributed by atoms with Crippen molar-refractivity contribution >= 4 is 17.6 Å². The normalized spacial score (nSPS) is 35.1. The fraction of sp³-hybridized carbons (Fsp3) is 0.571. The van der Waals surface area contributed by atoms with Crippen LogP contribution >= 0.6 is 0 Å². The smallest absolute Gasteiger partial charge is 0.310 e. The van der Waals surface area contributed by atoms with Crippen molar-refractivity contribution in [1.82, 2.24) is 5.43 Å². The lowest BCUT2D eigenvalue weighted by molar-refractivity contribution is -0.159. The fourth-order valence-corrected chi connectivity index (χ4v) is 9.21. The number of amides is 1. The van der Waals surface area contributed by atoms with Gasteiger partial charge in [-0.3, -0.25) is 9.59 Å². The number of carbonyl (C=O) groups excluding carboxylic acids is 2. The van der Waals surface area contributed by atoms with E-state index < -0.39 is 0 Å². The standard InChI is InChI=1S/C35H44N2O4/c1-34-19-17-27(41-32(38)21-23-7-5-4-6-8-23)22-25(34)11-14-28-29-15-16-31(35(29,2)20-18-30(28)34)36-37-33(39)24-9-12-26(40-3)13-10-24/h4-10,12-13,25,27-30H,11,14-22H2,1-3H3,(H,37,39)/t25-,27-,28-,29-,30-,34-,35-/m0/s1. The Bertz CT molecular complexity index is 1290. The zero-order chi connectivity index (χ0) is 28.6. The summed E-state index contributed by atoms with van der Waals surface area (Å²) in [6.07, 6.45) is 10.5. The molecule has 7 atom stereocenters. The second-order valence-electron chi connectivity index (χ2n) is 13.4. The average molecular weight is 557 g/mol. The topological polar surface area (TPSA) is 77.0 Å². The molecule has 6 nitrogen and oxygen atoms in total. The predicted molar refractivity (Wildman–Crippen MR) is 160 cm³/mol. The third kappa shape index (κ3) is 5.30. The number of nitrogens with zero attached hydrogens (tertiary/aromatic N) is 1. The van der Waals surface area contributed by atoms with Gasteiger partial charge in [-0.2, -0.15) is 5.10 Å². The van der Waals surface area contributed by atoms with Crippen LogP contribution in [0.1, 0.15) is 87.6 Å². The third-order valence-corrected chi connectivity index (χ3v) is 11.5. The largest absolute Gasteiger partial charge is 0.497 e. The average Bonchev–Trinajstić information content (AvgIpc) is 3.32. The summed E-state index contributed by atoms with van der Waals surface area (Å²) < 4.78 is 11.2. The van der Waals surface area contributed by atoms with Gasteiger partial charge in [0.2, 0.25) is 0 Å². The van der Waals surface area contributed by atoms with E-state index in [0.717, 1.165) is 49.8 Å². The molecule has 0 spiro atoms. The van der Waals surface area contributed by atoms with Gasteiger partial charge in [-0.15, -0.1) is 0 Å². The van der Waals surface area contributed by atoms with Gasteiger partial charge in [-0.25, -0.2) is 5.43 Å². The molecule has 6 heteroatoms. The highest BCUT2D eigenvalue weighted by molar-refractivity contribution is 5.97. The van der Waals surface area contributed by atoms with Crippen LogP contribution in [0.2, 0.25) is 0 Å². The number of hydrogen-bond donors (Lipinski definition) is 1. The lowest BCUT2D eigenvalue weighted by Crippen LogP contribution is -2.54. The van der Waals surface area contributed by atoms with Gasteiger partial charge >= 0.3 is 5.97 Å². The summed E-state index contributed by atoms with van der Waals surface area (Å²) in [6, 6.07) is 17.1. The Morgan fingerprint density at radius 3 is 2.46 bits per heavy atom. The Kier molecular flexibility index (Phi) is 7.69. The zero-order valence-electron chi connectivity index (χ0n) is 24.7. The first-order chi connectivity index (χ1) is 19.8. The molecule has 4 aliphatic rings. The van der Waals surface area contributed by atoms with Crippen LogP contribution in [0.25, 0.3) is 0 Å². The first kappa shape index (κ1) is 28.0. The summed E-state index contributed by atoms with van der Waals surface area (Å²) in [5.41, 5.74) is 6.01. The molecular formula is C35H44N2O4. The Balaban J connectivity index is 1.08. The van der Waals surface area contributed by atoms with Crippen molar-refractivity contribution in [2.45, 2.75) is 84.2 Å². The molecule has 4 fully saturated rings. The molecule has 2 aromatic rings. The van der Waals surface area contributed by atoms with E-state index >= 15 is 0 Å². The molecule has 218 valence electrons. The molecule has 2 aromatic carbocycles. The number of benzene rings is 2. The van der Waals surface area contributed by atoms with Crippen molar-refractivity contribution in [2.24, 2.45) is 39.6 Å². The Morgan fingerprint density at radius 1 is 0.927 bits per heavy atom. The summed E-state index contributed by atoms with van der Waals surface area (Å²) in [7, 11) is 1.62. The lowest BCUT2D eigenvalue weighted by atomic mass is 9.45. The minimum Gasteiger partial charge on any atom is -0.497 e. The Labute approximate surface area is 244 Å². The van der Waals surface area contributed by atoms with Gasteiger partial charge in [0.05, 0.1) is 13.5 Å². The summed E-state index contributed by atoms with van der Waals surface area (Å²) in [5, 5.41) is 4.74. The Hall–Kier alpha value is -3.15. The van der Waals surface area contributed by atoms with Crippen LogP contribution in [0.5, 0.6) is 5.75 Å². The number of carbonyl (C=O) groups is 2. The van der Waals surface area contributed by atoms with Gasteiger partial charge in [0.1, 0.15) is 11.9 Å². The van der Waals surface area contributed by atoms with E-state index in [1.807, 2.05) is 30.3 Å². The highest BCUT2D eigenvalue weighted by Gasteiger charge is 2.59. The molecule has 0 unspecified atom stereocenters. The molecule has 0 radical (unpaired) electrons. The van der Waals surface area contributed by atoms with Crippen LogP contribution in [0.4, 0.5) is 0 Å². The summed E-state index contributed by atoms with van der Waals surface area (Å²) in [4.78, 5) is 25.5. The van der Waals surface area contributed by atoms with Crippen LogP contribution in [-0.2, 0) is 16.0 Å². The second kappa shape index (κ2) is 11.3. The monoisotopic (exact) mass is 556 g/mol. The maximum Gasteiger partial charge on any atom is 0.310 e. The van der Waals surface area contributed by atoms with Gasteiger partial charge in [0, 0.05) is 16.7 Å². The molecule has 1 N–H and O–H groups in total. The van der Waals surface area contributed by atoms with Gasteiger partial charge in [-0.05, 0) is 117 Å². The summed E-state index contributed by atoms with van der Waals surface area (Å²) in [6.45, 7) is 4.94. The molecule has 0 aliphatic heterocycles. The van der Waals surface area contributed by atoms with Crippen molar-refractivity contribution < 1.29 is 19.1 Å². The quantitative estimate of drug-likeness (QED) is 0.308. The highest BCUT2D eigenvalue weighted by atomic mass is 16.5. The second-order valence-corrected chi connectivity index (χ2v) is 13.4. The Morgan fingerprint density at radius 2 is 1.71 bits per heavy atom. The van der Waals surface area contributed by atoms with Crippen molar-refractivity contribution in [3.63, 3.8) is 0 Å². The molecule has 41 heavy (non-hydrogen) atoms. The van der Waals surface area contributed by atoms with Gasteiger partial charge in [0.15, 0.2) is 0 Å². The number of nitrogens with one attached hydrogen (secondary N) is 1. The van der Waals surface area contributed by atoms with E-state index in [4.69, 9.17) is 14.6 Å². The number of esters is 1. The number of hydrazone groups is 1. The fourth-order valence-electron chi connectivity index (χ4n) is 9.21. The minimum absolute atomic E-state index is 0.0502. The van der Waals surface area contributed by atoms with Crippen LogP contribution in [0.3, 0.4) is 0 Å². The molecule has 6 rings (SSSR count). The van der Waals surface area contributed by atoms with Crippen LogP contribution < -0.4 is 10.2 Å². The highest BCUT2D eigenvalue weighted by Crippen LogP contribution is 2.65. The molecule has 0 bridgehead atoms. The van der Waals surface area contributed by atoms with Crippen molar-refractivity contribution in [3.8, 4) is 5.75 Å². The molecular weight excluding hydrogens is 512 g/mol. The molecule has 0 aromatic heterocycles. The predicted octanol–water partition coefficient (Wildman–Crippen LogP) is 6.98. The number of hydrogen-bond acceptors (Lipinski definition) is 5. The van der Waals surface area contributed by atoms with E-state index in [-0.39, 0.29) is 23.4 Å². The first-order valence-electron chi connectivity index (χ1n) is 15.5. The lowest BCUT2D eigenvalue weighted by Gasteiger charge is -2.60. The van der Waals surface area contributed by atoms with E-state index in [1.165, 1.54) is 25.0 Å². The van der Waals surface area contributed by atoms with Gasteiger partial charge in [0.25, 0.3) is 5.91 Å². The van der Waals surface area contributed by atoms with Crippen LogP contribution in [0.15, 0.2) is 59.7 Å². The van der Waals surface area contributed by atoms with E-state index in [9.17, 15) is 9.59 Å². The summed E-state index contributed by atoms with van der Waals surface area (Å²) >= 11 is 0. The third-order valence-electron chi connectivity index (χ3n) is 11.5. The minimum atomic E-state index is -0.171. The van der Waals surface area contributed by atoms with E-state index in [2.05, 4.69) is 19.3 Å². The number of rotatable bonds is 6. The molecule has 4 aliphatic carbocycles. The summed E-state index contributed by atoms with van der Waals surface area (Å²) in [5.74, 6) is 3.13. The zero-order valence-corrected chi connectivity index (χ0v) is 24.7. The van der Waals surface area contributed by atoms with Crippen molar-refractivity contribution in [3.05, 3.63) is 65.7 Å². The van der Waals surface area contributed by atoms with Gasteiger partial charge in [-0.1, -0.05) is 44.2 Å². The van der Waals surface area contributed by atoms with Gasteiger partial charge < -0.3 is 9.47 Å². The number of methoxy groups -OCH3 is 1. The number of fused-ring (bicyclic) bond motifs is 5. The van der Waals surface area contributed by atoms with E-state index in [1.54, 1.807) is 31.4 Å². The number of ether oxygens (including phenoxy) is 2. The first-order valence-corrected chi connectivity index (χ1v) is 15.5. The molecule has 0 saturated heterocycles. The van der Waals surface area contributed by atoms with Crippen molar-refractivity contribution in [2.75, 3.05) is 7.11 Å². The van der Waals surface area contributed by atoms with Crippen LogP contribution in [0, 0.1) is 34.5 Å². The van der Waals surface area contributed by atoms with Crippen molar-refractivity contribution in [1.29, 1.82) is 0 Å². The molecule has 1 amide bonds. The SMILES string of the molecule is COc1ccc(C(=O)NN=C2CC[C@H]3[C@@H]4CC[C@H]5C[C@@H](OC(=O)Cc6ccccc6)CC[C@]5(C)[C@H]4CC[C@]23C)cc1. The maximum absolute atomic E-state index is 12.8. The molecule has 0 heterocycles.